The quantitative estimate of drug-likeness (QED) is 0.691. The molecule has 6 heteroatoms. The van der Waals surface area contributed by atoms with E-state index in [-0.39, 0.29) is 17.9 Å². The molecule has 1 aliphatic heterocycles. The molecule has 2 heterocycles. The summed E-state index contributed by atoms with van der Waals surface area (Å²) in [6.07, 6.45) is 6.67. The van der Waals surface area contributed by atoms with Gasteiger partial charge in [-0.2, -0.15) is 0 Å². The minimum atomic E-state index is -0.0331. The Morgan fingerprint density at radius 2 is 1.81 bits per heavy atom. The van der Waals surface area contributed by atoms with Crippen molar-refractivity contribution in [2.75, 3.05) is 26.2 Å². The molecular formula is C26H36N4O2. The Kier molecular flexibility index (Phi) is 7.40. The Balaban J connectivity index is 1.37. The molecule has 2 N–H and O–H groups in total. The van der Waals surface area contributed by atoms with Crippen LogP contribution in [0.1, 0.15) is 74.3 Å². The maximum absolute atomic E-state index is 12.8. The molecule has 1 aliphatic carbocycles. The lowest BCUT2D eigenvalue weighted by Crippen LogP contribution is -2.38. The standard InChI is InChI=1S/C26H36N4O2/c1-18(2)28-26(32)22-15-24(29-23-8-4-3-7-21(22)23)20-11-9-19(10-12-20)16-27-25(31)17-30-13-5-6-14-30/h3-4,7-8,15,18-20H,5-6,9-14,16-17H2,1-2H3,(H,27,31)(H,28,32). The third kappa shape index (κ3) is 5.66. The SMILES string of the molecule is CC(C)NC(=O)c1cc(C2CCC(CNC(=O)CN3CCCC3)CC2)nc2ccccc12. The van der Waals surface area contributed by atoms with Crippen molar-refractivity contribution in [3.05, 3.63) is 41.6 Å². The van der Waals surface area contributed by atoms with E-state index in [1.54, 1.807) is 0 Å². The smallest absolute Gasteiger partial charge is 0.252 e. The maximum Gasteiger partial charge on any atom is 0.252 e. The van der Waals surface area contributed by atoms with Crippen LogP contribution in [0.3, 0.4) is 0 Å². The Morgan fingerprint density at radius 3 is 2.53 bits per heavy atom. The maximum atomic E-state index is 12.8. The summed E-state index contributed by atoms with van der Waals surface area (Å²) in [6.45, 7) is 7.37. The number of amides is 2. The van der Waals surface area contributed by atoms with E-state index in [0.717, 1.165) is 67.5 Å². The lowest BCUT2D eigenvalue weighted by Gasteiger charge is -2.29. The number of hydrogen-bond acceptors (Lipinski definition) is 4. The number of pyridine rings is 1. The largest absolute Gasteiger partial charge is 0.355 e. The number of likely N-dealkylation sites (tertiary alicyclic amines) is 1. The van der Waals surface area contributed by atoms with Gasteiger partial charge in [0.25, 0.3) is 5.91 Å². The zero-order valence-electron chi connectivity index (χ0n) is 19.4. The Hall–Kier alpha value is -2.47. The van der Waals surface area contributed by atoms with Gasteiger partial charge < -0.3 is 10.6 Å². The first-order valence-corrected chi connectivity index (χ1v) is 12.2. The second-order valence-electron chi connectivity index (χ2n) is 9.74. The fraction of sp³-hybridized carbons (Fsp3) is 0.577. The van der Waals surface area contributed by atoms with Crippen LogP contribution in [0.25, 0.3) is 10.9 Å². The van der Waals surface area contributed by atoms with Gasteiger partial charge in [0.05, 0.1) is 17.6 Å². The third-order valence-electron chi connectivity index (χ3n) is 6.82. The van der Waals surface area contributed by atoms with E-state index in [4.69, 9.17) is 4.98 Å². The van der Waals surface area contributed by atoms with Gasteiger partial charge in [-0.3, -0.25) is 19.5 Å². The zero-order valence-corrected chi connectivity index (χ0v) is 19.4. The summed E-state index contributed by atoms with van der Waals surface area (Å²) in [5.74, 6) is 1.01. The first-order chi connectivity index (χ1) is 15.5. The van der Waals surface area contributed by atoms with Gasteiger partial charge in [0.2, 0.25) is 5.91 Å². The molecule has 0 bridgehead atoms. The highest BCUT2D eigenvalue weighted by Crippen LogP contribution is 2.36. The van der Waals surface area contributed by atoms with Crippen LogP contribution in [0, 0.1) is 5.92 Å². The monoisotopic (exact) mass is 436 g/mol. The van der Waals surface area contributed by atoms with Gasteiger partial charge in [-0.05, 0) is 83.5 Å². The predicted octanol–water partition coefficient (Wildman–Crippen LogP) is 3.86. The summed E-state index contributed by atoms with van der Waals surface area (Å²) < 4.78 is 0. The molecule has 1 saturated heterocycles. The number of hydrogen-bond donors (Lipinski definition) is 2. The number of carbonyl (C=O) groups is 2. The van der Waals surface area contributed by atoms with E-state index < -0.39 is 0 Å². The number of carbonyl (C=O) groups excluding carboxylic acids is 2. The molecule has 2 aromatic rings. The summed E-state index contributed by atoms with van der Waals surface area (Å²) in [4.78, 5) is 32.2. The molecule has 0 spiro atoms. The molecule has 6 nitrogen and oxygen atoms in total. The number of fused-ring (bicyclic) bond motifs is 1. The van der Waals surface area contributed by atoms with Gasteiger partial charge in [-0.1, -0.05) is 18.2 Å². The van der Waals surface area contributed by atoms with E-state index in [1.165, 1.54) is 12.8 Å². The number of rotatable bonds is 7. The molecule has 0 unspecified atom stereocenters. The van der Waals surface area contributed by atoms with Crippen molar-refractivity contribution in [3.63, 3.8) is 0 Å². The van der Waals surface area contributed by atoms with Gasteiger partial charge in [-0.15, -0.1) is 0 Å². The number of para-hydroxylation sites is 1. The molecule has 1 aromatic heterocycles. The number of nitrogens with one attached hydrogen (secondary N) is 2. The zero-order chi connectivity index (χ0) is 22.5. The van der Waals surface area contributed by atoms with Crippen molar-refractivity contribution >= 4 is 22.7 Å². The Morgan fingerprint density at radius 1 is 1.09 bits per heavy atom. The first kappa shape index (κ1) is 22.7. The van der Waals surface area contributed by atoms with Crippen molar-refractivity contribution in [2.24, 2.45) is 5.92 Å². The number of benzene rings is 1. The number of nitrogens with zero attached hydrogens (tertiary/aromatic N) is 2. The summed E-state index contributed by atoms with van der Waals surface area (Å²) in [5, 5.41) is 7.09. The lowest BCUT2D eigenvalue weighted by molar-refractivity contribution is -0.122. The van der Waals surface area contributed by atoms with Gasteiger partial charge in [0.1, 0.15) is 0 Å². The van der Waals surface area contributed by atoms with Gasteiger partial charge in [-0.25, -0.2) is 0 Å². The highest BCUT2D eigenvalue weighted by Gasteiger charge is 2.26. The summed E-state index contributed by atoms with van der Waals surface area (Å²) in [6, 6.07) is 10.00. The van der Waals surface area contributed by atoms with E-state index in [1.807, 2.05) is 44.2 Å². The average molecular weight is 437 g/mol. The second kappa shape index (κ2) is 10.4. The predicted molar refractivity (Wildman–Crippen MR) is 128 cm³/mol. The highest BCUT2D eigenvalue weighted by molar-refractivity contribution is 6.06. The molecule has 0 radical (unpaired) electrons. The minimum Gasteiger partial charge on any atom is -0.355 e. The van der Waals surface area contributed by atoms with Gasteiger partial charge >= 0.3 is 0 Å². The Labute approximate surface area is 191 Å². The van der Waals surface area contributed by atoms with Crippen molar-refractivity contribution in [1.82, 2.24) is 20.5 Å². The topological polar surface area (TPSA) is 74.3 Å². The van der Waals surface area contributed by atoms with E-state index >= 15 is 0 Å². The van der Waals surface area contributed by atoms with Gasteiger partial charge in [0, 0.05) is 29.6 Å². The van der Waals surface area contributed by atoms with Crippen LogP contribution in [0.4, 0.5) is 0 Å². The van der Waals surface area contributed by atoms with Crippen LogP contribution in [0.15, 0.2) is 30.3 Å². The van der Waals surface area contributed by atoms with Crippen molar-refractivity contribution in [2.45, 2.75) is 64.3 Å². The molecule has 4 rings (SSSR count). The van der Waals surface area contributed by atoms with E-state index in [9.17, 15) is 9.59 Å². The van der Waals surface area contributed by atoms with Crippen LogP contribution in [-0.4, -0.2) is 53.9 Å². The highest BCUT2D eigenvalue weighted by atomic mass is 16.2. The molecule has 32 heavy (non-hydrogen) atoms. The molecule has 172 valence electrons. The summed E-state index contributed by atoms with van der Waals surface area (Å²) >= 11 is 0. The van der Waals surface area contributed by atoms with Gasteiger partial charge in [0.15, 0.2) is 0 Å². The third-order valence-corrected chi connectivity index (χ3v) is 6.82. The van der Waals surface area contributed by atoms with Crippen LogP contribution < -0.4 is 10.6 Å². The molecule has 0 atom stereocenters. The van der Waals surface area contributed by atoms with Crippen LogP contribution in [0.2, 0.25) is 0 Å². The first-order valence-electron chi connectivity index (χ1n) is 12.2. The minimum absolute atomic E-state index is 0.0331. The van der Waals surface area contributed by atoms with Crippen molar-refractivity contribution in [3.8, 4) is 0 Å². The molecule has 2 fully saturated rings. The van der Waals surface area contributed by atoms with Crippen LogP contribution in [0.5, 0.6) is 0 Å². The fourth-order valence-electron chi connectivity index (χ4n) is 5.05. The molecule has 1 saturated carbocycles. The van der Waals surface area contributed by atoms with E-state index in [2.05, 4.69) is 15.5 Å². The Bertz CT molecular complexity index is 944. The fourth-order valence-corrected chi connectivity index (χ4v) is 5.05. The lowest BCUT2D eigenvalue weighted by atomic mass is 9.80. The normalized spacial score (nSPS) is 21.7. The molecule has 2 aliphatic rings. The van der Waals surface area contributed by atoms with Crippen LogP contribution >= 0.6 is 0 Å². The molecular weight excluding hydrogens is 400 g/mol. The summed E-state index contributed by atoms with van der Waals surface area (Å²) in [5.41, 5.74) is 2.62. The van der Waals surface area contributed by atoms with Crippen molar-refractivity contribution in [1.29, 1.82) is 0 Å². The van der Waals surface area contributed by atoms with E-state index in [0.29, 0.717) is 18.4 Å². The number of aromatic nitrogens is 1. The summed E-state index contributed by atoms with van der Waals surface area (Å²) in [7, 11) is 0. The van der Waals surface area contributed by atoms with Crippen molar-refractivity contribution < 1.29 is 9.59 Å². The average Bonchev–Trinajstić information content (AvgIpc) is 3.30. The molecule has 2 amide bonds. The second-order valence-corrected chi connectivity index (χ2v) is 9.74. The molecule has 1 aromatic carbocycles. The van der Waals surface area contributed by atoms with Crippen LogP contribution in [-0.2, 0) is 4.79 Å².